The minimum atomic E-state index is 0. The third-order valence-corrected chi connectivity index (χ3v) is 5.71. The summed E-state index contributed by atoms with van der Waals surface area (Å²) >= 11 is 29.0. The minimum absolute atomic E-state index is 0. The van der Waals surface area contributed by atoms with Gasteiger partial charge in [-0.2, -0.15) is 14.7 Å². The zero-order valence-corrected chi connectivity index (χ0v) is 23.2. The predicted octanol–water partition coefficient (Wildman–Crippen LogP) is 6.23. The molecule has 0 N–H and O–H groups in total. The number of hydrogen-bond acceptors (Lipinski definition) is 6. The maximum Gasteiger partial charge on any atom is 0 e. The normalized spacial score (nSPS) is 11.0. The van der Waals surface area contributed by atoms with Crippen LogP contribution < -0.4 is 0 Å². The fourth-order valence-electron chi connectivity index (χ4n) is 2.01. The first kappa shape index (κ1) is 29.9. The fraction of sp³-hybridized carbons (Fsp3) is 0. The molecule has 0 bridgehead atoms. The molecular formula is C24H18MoS6-6. The fourth-order valence-corrected chi connectivity index (χ4v) is 2.83. The molecule has 0 amide bonds. The van der Waals surface area contributed by atoms with E-state index in [1.54, 1.807) is 0 Å². The van der Waals surface area contributed by atoms with Crippen LogP contribution in [0.15, 0.2) is 107 Å². The average molecular weight is 595 g/mol. The zero-order valence-electron chi connectivity index (χ0n) is 16.3. The molecule has 7 heteroatoms. The van der Waals surface area contributed by atoms with Crippen molar-refractivity contribution in [2.75, 3.05) is 0 Å². The van der Waals surface area contributed by atoms with Crippen molar-refractivity contribution in [2.45, 2.75) is 0 Å². The molecule has 0 radical (unpaired) electrons. The van der Waals surface area contributed by atoms with E-state index >= 15 is 0 Å². The Balaban J connectivity index is 0.000000429. The Kier molecular flexibility index (Phi) is 17.8. The van der Waals surface area contributed by atoms with E-state index in [4.69, 9.17) is 75.8 Å². The molecule has 0 saturated heterocycles. The third kappa shape index (κ3) is 12.5. The Hall–Kier alpha value is -1.11. The number of rotatable bonds is 3. The first-order valence-electron chi connectivity index (χ1n) is 8.67. The van der Waals surface area contributed by atoms with Crippen LogP contribution in [0.1, 0.15) is 16.7 Å². The van der Waals surface area contributed by atoms with Crippen molar-refractivity contribution in [3.63, 3.8) is 0 Å². The summed E-state index contributed by atoms with van der Waals surface area (Å²) in [5.74, 6) is 0. The second-order valence-corrected chi connectivity index (χ2v) is 7.57. The van der Waals surface area contributed by atoms with Gasteiger partial charge in [-0.3, -0.25) is 0 Å². The van der Waals surface area contributed by atoms with Gasteiger partial charge in [0.15, 0.2) is 0 Å². The zero-order chi connectivity index (χ0) is 22.2. The molecule has 3 aromatic carbocycles. The van der Waals surface area contributed by atoms with Crippen molar-refractivity contribution in [3.8, 4) is 0 Å². The minimum Gasteiger partial charge on any atom is -0.789 e. The topological polar surface area (TPSA) is 0 Å². The van der Waals surface area contributed by atoms with Crippen LogP contribution >= 0.6 is 0 Å². The van der Waals surface area contributed by atoms with Crippen LogP contribution in [0.2, 0.25) is 0 Å². The first-order valence-corrected chi connectivity index (χ1v) is 11.3. The Labute approximate surface area is 233 Å². The van der Waals surface area contributed by atoms with Gasteiger partial charge in [0.1, 0.15) is 0 Å². The van der Waals surface area contributed by atoms with Gasteiger partial charge in [0.25, 0.3) is 0 Å². The van der Waals surface area contributed by atoms with Crippen molar-refractivity contribution in [1.29, 1.82) is 0 Å². The van der Waals surface area contributed by atoms with Crippen LogP contribution in [0, 0.1) is 0 Å². The van der Waals surface area contributed by atoms with E-state index in [0.717, 1.165) is 31.4 Å². The van der Waals surface area contributed by atoms with Gasteiger partial charge >= 0.3 is 0 Å². The Morgan fingerprint density at radius 2 is 0.613 bits per heavy atom. The number of benzene rings is 3. The van der Waals surface area contributed by atoms with Crippen LogP contribution in [0.25, 0.3) is 14.7 Å². The van der Waals surface area contributed by atoms with Gasteiger partial charge in [0.05, 0.1) is 0 Å². The van der Waals surface area contributed by atoms with Crippen LogP contribution in [-0.4, -0.2) is 0 Å². The molecule has 162 valence electrons. The Bertz CT molecular complexity index is 812. The van der Waals surface area contributed by atoms with Gasteiger partial charge in [-0.1, -0.05) is 91.0 Å². The summed E-state index contributed by atoms with van der Waals surface area (Å²) in [6, 6.07) is 29.2. The van der Waals surface area contributed by atoms with Gasteiger partial charge < -0.3 is 75.8 Å². The molecule has 0 aromatic heterocycles. The van der Waals surface area contributed by atoms with Gasteiger partial charge in [-0.25, -0.2) is 16.2 Å². The summed E-state index contributed by atoms with van der Waals surface area (Å²) < 4.78 is 0. The second-order valence-electron chi connectivity index (χ2n) is 5.54. The molecule has 0 nitrogen and oxygen atoms in total. The molecule has 3 rings (SSSR count). The second kappa shape index (κ2) is 18.5. The van der Waals surface area contributed by atoms with E-state index in [9.17, 15) is 0 Å². The van der Waals surface area contributed by atoms with Crippen LogP contribution in [0.5, 0.6) is 0 Å². The Morgan fingerprint density at radius 1 is 0.419 bits per heavy atom. The summed E-state index contributed by atoms with van der Waals surface area (Å²) in [6.07, 6.45) is 0. The summed E-state index contributed by atoms with van der Waals surface area (Å²) in [6.45, 7) is 0. The third-order valence-electron chi connectivity index (χ3n) is 3.50. The summed E-state index contributed by atoms with van der Waals surface area (Å²) in [5, 5.41) is 4.56. The van der Waals surface area contributed by atoms with Crippen LogP contribution in [0.4, 0.5) is 0 Å². The van der Waals surface area contributed by atoms with E-state index in [-0.39, 0.29) is 21.1 Å². The molecule has 0 heterocycles. The van der Waals surface area contributed by atoms with Crippen molar-refractivity contribution in [2.24, 2.45) is 0 Å². The molecule has 0 aliphatic heterocycles. The smallest absolute Gasteiger partial charge is 0 e. The largest absolute Gasteiger partial charge is 0.789 e. The molecule has 0 aliphatic rings. The molecular weight excluding hydrogens is 577 g/mol. The summed E-state index contributed by atoms with van der Waals surface area (Å²) in [7, 11) is 0. The monoisotopic (exact) mass is 596 g/mol. The maximum absolute atomic E-state index is 4.96. The van der Waals surface area contributed by atoms with Gasteiger partial charge in [0.2, 0.25) is 0 Å². The van der Waals surface area contributed by atoms with E-state index in [0.29, 0.717) is 0 Å². The summed E-state index contributed by atoms with van der Waals surface area (Å²) in [5.41, 5.74) is 3.06. The molecule has 0 saturated carbocycles. The van der Waals surface area contributed by atoms with Crippen molar-refractivity contribution in [1.82, 2.24) is 0 Å². The van der Waals surface area contributed by atoms with E-state index in [1.807, 2.05) is 91.0 Å². The van der Waals surface area contributed by atoms with Crippen LogP contribution in [-0.2, 0) is 96.8 Å². The Morgan fingerprint density at radius 3 is 0.774 bits per heavy atom. The van der Waals surface area contributed by atoms with E-state index < -0.39 is 0 Å². The quantitative estimate of drug-likeness (QED) is 0.259. The molecule has 0 fully saturated rings. The van der Waals surface area contributed by atoms with Gasteiger partial charge in [-0.15, -0.1) is 0 Å². The molecule has 0 unspecified atom stereocenters. The summed E-state index contributed by atoms with van der Waals surface area (Å²) in [4.78, 5) is 2.20. The first-order chi connectivity index (χ1) is 14.5. The standard InChI is InChI=1S/3C8H8S2.Mo/c3*9-6-8(10)7-4-2-1-3-5-7;/h3*1-6,9-10H;/p-6/b3*8-6-;. The predicted molar refractivity (Wildman–Crippen MR) is 147 cm³/mol. The molecule has 0 aliphatic carbocycles. The van der Waals surface area contributed by atoms with Crippen molar-refractivity contribution >= 4 is 90.5 Å². The van der Waals surface area contributed by atoms with Crippen molar-refractivity contribution in [3.05, 3.63) is 124 Å². The van der Waals surface area contributed by atoms with E-state index in [1.165, 1.54) is 16.2 Å². The average Bonchev–Trinajstić information content (AvgIpc) is 2.85. The molecule has 0 spiro atoms. The maximum atomic E-state index is 4.96. The van der Waals surface area contributed by atoms with Crippen LogP contribution in [0.3, 0.4) is 0 Å². The molecule has 3 aromatic rings. The van der Waals surface area contributed by atoms with Crippen molar-refractivity contribution < 1.29 is 21.1 Å². The SMILES string of the molecule is [Mo].[S-]/C=C(\[S-])c1ccccc1.[S-]/C=C(\[S-])c1ccccc1.[S-]/C=C(\[S-])c1ccccc1. The van der Waals surface area contributed by atoms with Gasteiger partial charge in [-0.05, 0) is 16.7 Å². The molecule has 31 heavy (non-hydrogen) atoms. The van der Waals surface area contributed by atoms with Gasteiger partial charge in [0, 0.05) is 21.1 Å². The molecule has 0 atom stereocenters. The number of hydrogen-bond donors (Lipinski definition) is 0. The van der Waals surface area contributed by atoms with E-state index in [2.05, 4.69) is 0 Å².